The first-order valence-corrected chi connectivity index (χ1v) is 21.8. The van der Waals surface area contributed by atoms with Crippen LogP contribution in [-0.2, 0) is 5.41 Å². The van der Waals surface area contributed by atoms with Gasteiger partial charge in [0.2, 0.25) is 0 Å². The molecule has 0 fully saturated rings. The second-order valence-electron chi connectivity index (χ2n) is 17.5. The molecule has 4 aliphatic rings. The van der Waals surface area contributed by atoms with Crippen LogP contribution in [-0.4, -0.2) is 9.55 Å². The summed E-state index contributed by atoms with van der Waals surface area (Å²) in [6.45, 7) is 2.37. The van der Waals surface area contributed by atoms with Crippen molar-refractivity contribution >= 4 is 33.2 Å². The van der Waals surface area contributed by atoms with E-state index in [9.17, 15) is 0 Å². The fraction of sp³-hybridized carbons (Fsp3) is 0.121. The molecule has 3 heteroatoms. The minimum absolute atomic E-state index is 0.245. The molecule has 3 aliphatic carbocycles. The summed E-state index contributed by atoms with van der Waals surface area (Å²) in [5, 5.41) is 2.62. The molecule has 13 rings (SSSR count). The highest BCUT2D eigenvalue weighted by Crippen LogP contribution is 2.66. The number of fused-ring (bicyclic) bond motifs is 15. The Balaban J connectivity index is 0.931. The molecule has 0 radical (unpaired) electrons. The Kier molecular flexibility index (Phi) is 7.45. The molecule has 5 atom stereocenters. The second kappa shape index (κ2) is 13.1. The first-order chi connectivity index (χ1) is 30.2. The summed E-state index contributed by atoms with van der Waals surface area (Å²) in [6.07, 6.45) is 14.6. The SMILES string of the molecule is CC1CC(c2ccccc2)N(c2ccc(-c3ccc(-n4c5ccccc5c5c6c(ccc54)-c4ccccc4C64c5cnccc5C5C=CC=CC54)cc3)cc2)c2ccccc21. The first-order valence-electron chi connectivity index (χ1n) is 21.8. The Hall–Kier alpha value is -7.23. The van der Waals surface area contributed by atoms with E-state index in [1.165, 1.54) is 88.8 Å². The summed E-state index contributed by atoms with van der Waals surface area (Å²) < 4.78 is 2.49. The number of rotatable bonds is 4. The smallest absolute Gasteiger partial charge is 0.0597 e. The van der Waals surface area contributed by atoms with Crippen LogP contribution in [0, 0.1) is 5.92 Å². The van der Waals surface area contributed by atoms with E-state index in [0.29, 0.717) is 5.92 Å². The Morgan fingerprint density at radius 2 is 1.30 bits per heavy atom. The second-order valence-corrected chi connectivity index (χ2v) is 17.5. The Bertz CT molecular complexity index is 3260. The number of hydrogen-bond acceptors (Lipinski definition) is 2. The van der Waals surface area contributed by atoms with Gasteiger partial charge in [-0.2, -0.15) is 0 Å². The highest BCUT2D eigenvalue weighted by molar-refractivity contribution is 6.15. The third-order valence-electron chi connectivity index (χ3n) is 14.6. The van der Waals surface area contributed by atoms with Gasteiger partial charge in [-0.05, 0) is 117 Å². The van der Waals surface area contributed by atoms with E-state index in [1.54, 1.807) is 0 Å². The third kappa shape index (κ3) is 4.78. The van der Waals surface area contributed by atoms with Gasteiger partial charge < -0.3 is 9.47 Å². The fourth-order valence-electron chi connectivity index (χ4n) is 12.1. The maximum absolute atomic E-state index is 4.81. The summed E-state index contributed by atoms with van der Waals surface area (Å²) in [6, 6.07) is 63.8. The molecule has 3 nitrogen and oxygen atoms in total. The molecule has 0 saturated carbocycles. The average Bonchev–Trinajstić information content (AvgIpc) is 3.94. The van der Waals surface area contributed by atoms with E-state index in [2.05, 4.69) is 217 Å². The molecule has 290 valence electrons. The van der Waals surface area contributed by atoms with Gasteiger partial charge in [-0.3, -0.25) is 4.98 Å². The maximum atomic E-state index is 4.81. The van der Waals surface area contributed by atoms with Crippen LogP contribution in [0.2, 0.25) is 0 Å². The van der Waals surface area contributed by atoms with Gasteiger partial charge in [0, 0.05) is 52.1 Å². The molecule has 0 amide bonds. The van der Waals surface area contributed by atoms with E-state index in [1.807, 2.05) is 6.20 Å². The Morgan fingerprint density at radius 3 is 2.15 bits per heavy atom. The lowest BCUT2D eigenvalue weighted by Crippen LogP contribution is -2.33. The summed E-state index contributed by atoms with van der Waals surface area (Å²) in [4.78, 5) is 7.36. The van der Waals surface area contributed by atoms with Crippen molar-refractivity contribution in [2.24, 2.45) is 5.92 Å². The molecular weight excluding hydrogens is 739 g/mol. The van der Waals surface area contributed by atoms with Crippen molar-refractivity contribution in [2.45, 2.75) is 36.6 Å². The van der Waals surface area contributed by atoms with E-state index >= 15 is 0 Å². The quantitative estimate of drug-likeness (QED) is 0.177. The van der Waals surface area contributed by atoms with Crippen molar-refractivity contribution in [3.05, 3.63) is 240 Å². The molecule has 2 aromatic heterocycles. The molecular formula is C58H43N3. The summed E-state index contributed by atoms with van der Waals surface area (Å²) in [7, 11) is 0. The number of allylic oxidation sites excluding steroid dienone is 4. The van der Waals surface area contributed by atoms with Gasteiger partial charge in [0.05, 0.1) is 22.5 Å². The Labute approximate surface area is 356 Å². The zero-order valence-corrected chi connectivity index (χ0v) is 34.0. The van der Waals surface area contributed by atoms with Crippen molar-refractivity contribution in [2.75, 3.05) is 4.90 Å². The summed E-state index contributed by atoms with van der Waals surface area (Å²) >= 11 is 0. The van der Waals surface area contributed by atoms with Crippen LogP contribution in [0.3, 0.4) is 0 Å². The van der Waals surface area contributed by atoms with E-state index in [0.717, 1.165) is 12.1 Å². The average molecular weight is 782 g/mol. The van der Waals surface area contributed by atoms with Crippen LogP contribution in [0.1, 0.15) is 64.6 Å². The van der Waals surface area contributed by atoms with Crippen molar-refractivity contribution in [3.63, 3.8) is 0 Å². The predicted octanol–water partition coefficient (Wildman–Crippen LogP) is 14.4. The molecule has 7 aromatic carbocycles. The minimum atomic E-state index is -0.360. The van der Waals surface area contributed by atoms with Crippen molar-refractivity contribution in [1.29, 1.82) is 0 Å². The number of aromatic nitrogens is 2. The first kappa shape index (κ1) is 34.6. The fourth-order valence-corrected chi connectivity index (χ4v) is 12.1. The number of pyridine rings is 1. The lowest BCUT2D eigenvalue weighted by molar-refractivity contribution is 0.468. The molecule has 61 heavy (non-hydrogen) atoms. The van der Waals surface area contributed by atoms with Crippen LogP contribution >= 0.6 is 0 Å². The molecule has 0 saturated heterocycles. The van der Waals surface area contributed by atoms with Crippen molar-refractivity contribution in [1.82, 2.24) is 9.55 Å². The van der Waals surface area contributed by atoms with Crippen LogP contribution < -0.4 is 4.90 Å². The van der Waals surface area contributed by atoms with Gasteiger partial charge >= 0.3 is 0 Å². The highest BCUT2D eigenvalue weighted by atomic mass is 15.2. The standard InChI is InChI=1S/C58H43N3/c1-37-35-55(40-13-3-2-4-14-40)61(52-21-11-7-15-43(37)52)42-29-25-39(26-30-42)38-23-27-41(28-24-38)60-53-22-12-8-18-48(53)56-54(60)32-31-47-45-17-6-10-20-50(45)58(57(47)56)49-19-9-5-16-44(49)46-33-34-59-36-51(46)58/h2-34,36-37,44,49,55H,35H2,1H3. The lowest BCUT2D eigenvalue weighted by atomic mass is 9.65. The van der Waals surface area contributed by atoms with E-state index in [-0.39, 0.29) is 23.3 Å². The third-order valence-corrected chi connectivity index (χ3v) is 14.6. The number of hydrogen-bond donors (Lipinski definition) is 0. The Morgan fingerprint density at radius 1 is 0.574 bits per heavy atom. The van der Waals surface area contributed by atoms with Crippen LogP contribution in [0.4, 0.5) is 11.4 Å². The molecule has 0 bridgehead atoms. The topological polar surface area (TPSA) is 21.1 Å². The lowest BCUT2D eigenvalue weighted by Gasteiger charge is -2.42. The highest BCUT2D eigenvalue weighted by Gasteiger charge is 2.58. The van der Waals surface area contributed by atoms with Crippen LogP contribution in [0.25, 0.3) is 49.7 Å². The number of para-hydroxylation sites is 2. The monoisotopic (exact) mass is 781 g/mol. The number of benzene rings is 7. The van der Waals surface area contributed by atoms with Gasteiger partial charge in [0.25, 0.3) is 0 Å². The van der Waals surface area contributed by atoms with Gasteiger partial charge in [-0.1, -0.05) is 153 Å². The van der Waals surface area contributed by atoms with E-state index in [4.69, 9.17) is 4.98 Å². The van der Waals surface area contributed by atoms with Gasteiger partial charge in [0.1, 0.15) is 0 Å². The molecule has 9 aromatic rings. The summed E-state index contributed by atoms with van der Waals surface area (Å²) in [5.41, 5.74) is 19.2. The number of anilines is 2. The van der Waals surface area contributed by atoms with Gasteiger partial charge in [-0.25, -0.2) is 0 Å². The number of nitrogens with zero attached hydrogens (tertiary/aromatic N) is 3. The van der Waals surface area contributed by atoms with Crippen molar-refractivity contribution < 1.29 is 0 Å². The van der Waals surface area contributed by atoms with Crippen molar-refractivity contribution in [3.8, 4) is 27.9 Å². The maximum Gasteiger partial charge on any atom is 0.0597 e. The normalized spacial score (nSPS) is 21.7. The van der Waals surface area contributed by atoms with Gasteiger partial charge in [0.15, 0.2) is 0 Å². The van der Waals surface area contributed by atoms with Crippen LogP contribution in [0.5, 0.6) is 0 Å². The minimum Gasteiger partial charge on any atom is -0.334 e. The van der Waals surface area contributed by atoms with E-state index < -0.39 is 0 Å². The van der Waals surface area contributed by atoms with Gasteiger partial charge in [-0.15, -0.1) is 0 Å². The molecule has 5 unspecified atom stereocenters. The molecule has 1 aliphatic heterocycles. The van der Waals surface area contributed by atoms with Crippen LogP contribution in [0.15, 0.2) is 207 Å². The predicted molar refractivity (Wildman–Crippen MR) is 251 cm³/mol. The molecule has 3 heterocycles. The largest absolute Gasteiger partial charge is 0.334 e. The molecule has 0 N–H and O–H groups in total. The molecule has 1 spiro atoms. The zero-order valence-electron chi connectivity index (χ0n) is 34.0. The zero-order chi connectivity index (χ0) is 40.2. The summed E-state index contributed by atoms with van der Waals surface area (Å²) in [5.74, 6) is 1.02.